The first-order chi connectivity index (χ1) is 11.5. The molecule has 2 rings (SSSR count). The highest BCUT2D eigenvalue weighted by Crippen LogP contribution is 2.18. The van der Waals surface area contributed by atoms with E-state index in [0.29, 0.717) is 12.5 Å². The molecule has 0 bridgehead atoms. The lowest BCUT2D eigenvalue weighted by molar-refractivity contribution is -0.122. The molecule has 1 aromatic carbocycles. The van der Waals surface area contributed by atoms with Gasteiger partial charge in [0.25, 0.3) is 0 Å². The third kappa shape index (κ3) is 7.88. The SMILES string of the molecule is CC(=O)NC(CC(=O)NCCC1CCCNC1)c1ccc(C)cc1.Cl. The minimum atomic E-state index is -0.278. The first kappa shape index (κ1) is 21.5. The predicted molar refractivity (Wildman–Crippen MR) is 103 cm³/mol. The lowest BCUT2D eigenvalue weighted by Crippen LogP contribution is -2.35. The van der Waals surface area contributed by atoms with Gasteiger partial charge in [-0.2, -0.15) is 0 Å². The molecule has 5 nitrogen and oxygen atoms in total. The van der Waals surface area contributed by atoms with E-state index in [4.69, 9.17) is 0 Å². The van der Waals surface area contributed by atoms with Crippen LogP contribution in [0, 0.1) is 12.8 Å². The summed E-state index contributed by atoms with van der Waals surface area (Å²) in [5.74, 6) is 0.516. The number of carbonyl (C=O) groups excluding carboxylic acids is 2. The number of aryl methyl sites for hydroxylation is 1. The summed E-state index contributed by atoms with van der Waals surface area (Å²) < 4.78 is 0. The molecule has 1 aliphatic heterocycles. The maximum atomic E-state index is 12.2. The summed E-state index contributed by atoms with van der Waals surface area (Å²) in [6, 6.07) is 7.66. The quantitative estimate of drug-likeness (QED) is 0.693. The smallest absolute Gasteiger partial charge is 0.222 e. The number of nitrogens with one attached hydrogen (secondary N) is 3. The molecule has 0 aromatic heterocycles. The minimum Gasteiger partial charge on any atom is -0.356 e. The van der Waals surface area contributed by atoms with Crippen molar-refractivity contribution >= 4 is 24.2 Å². The maximum absolute atomic E-state index is 12.2. The van der Waals surface area contributed by atoms with Crippen molar-refractivity contribution in [2.24, 2.45) is 5.92 Å². The zero-order valence-electron chi connectivity index (χ0n) is 15.1. The minimum absolute atomic E-state index is 0. The molecule has 1 saturated heterocycles. The van der Waals surface area contributed by atoms with Crippen LogP contribution in [0.3, 0.4) is 0 Å². The molecule has 25 heavy (non-hydrogen) atoms. The molecule has 140 valence electrons. The van der Waals surface area contributed by atoms with Crippen molar-refractivity contribution in [2.75, 3.05) is 19.6 Å². The Morgan fingerprint density at radius 2 is 2.00 bits per heavy atom. The number of amides is 2. The standard InChI is InChI=1S/C19H29N3O2.ClH/c1-14-5-7-17(8-6-14)18(22-15(2)23)12-19(24)21-11-9-16-4-3-10-20-13-16;/h5-8,16,18,20H,3-4,9-13H2,1-2H3,(H,21,24)(H,22,23);1H. The molecule has 2 amide bonds. The van der Waals surface area contributed by atoms with Gasteiger partial charge in [-0.15, -0.1) is 12.4 Å². The summed E-state index contributed by atoms with van der Waals surface area (Å²) in [7, 11) is 0. The maximum Gasteiger partial charge on any atom is 0.222 e. The van der Waals surface area contributed by atoms with Gasteiger partial charge in [-0.25, -0.2) is 0 Å². The second-order valence-corrected chi connectivity index (χ2v) is 6.72. The Kier molecular flexibility index (Phi) is 9.53. The Morgan fingerprint density at radius 1 is 1.28 bits per heavy atom. The summed E-state index contributed by atoms with van der Waals surface area (Å²) in [5.41, 5.74) is 2.12. The van der Waals surface area contributed by atoms with Crippen LogP contribution < -0.4 is 16.0 Å². The van der Waals surface area contributed by atoms with Gasteiger partial charge in [-0.1, -0.05) is 29.8 Å². The Bertz CT molecular complexity index is 542. The van der Waals surface area contributed by atoms with Crippen molar-refractivity contribution in [3.8, 4) is 0 Å². The molecular formula is C19H30ClN3O2. The normalized spacial score (nSPS) is 17.9. The van der Waals surface area contributed by atoms with E-state index in [0.717, 1.165) is 30.6 Å². The highest BCUT2D eigenvalue weighted by Gasteiger charge is 2.18. The Labute approximate surface area is 156 Å². The molecule has 0 saturated carbocycles. The van der Waals surface area contributed by atoms with Crippen LogP contribution in [-0.4, -0.2) is 31.4 Å². The van der Waals surface area contributed by atoms with E-state index in [2.05, 4.69) is 16.0 Å². The van der Waals surface area contributed by atoms with Gasteiger partial charge in [0.2, 0.25) is 11.8 Å². The van der Waals surface area contributed by atoms with Crippen LogP contribution in [0.1, 0.15) is 49.8 Å². The average Bonchev–Trinajstić information content (AvgIpc) is 2.55. The van der Waals surface area contributed by atoms with E-state index in [1.165, 1.54) is 19.8 Å². The zero-order chi connectivity index (χ0) is 17.4. The van der Waals surface area contributed by atoms with E-state index in [1.54, 1.807) is 0 Å². The van der Waals surface area contributed by atoms with Crippen molar-refractivity contribution in [1.82, 2.24) is 16.0 Å². The van der Waals surface area contributed by atoms with E-state index < -0.39 is 0 Å². The number of hydrogen-bond donors (Lipinski definition) is 3. The lowest BCUT2D eigenvalue weighted by Gasteiger charge is -2.23. The summed E-state index contributed by atoms with van der Waals surface area (Å²) in [6.07, 6.45) is 3.73. The molecule has 0 spiro atoms. The lowest BCUT2D eigenvalue weighted by atomic mass is 9.96. The first-order valence-electron chi connectivity index (χ1n) is 8.85. The predicted octanol–water partition coefficient (Wildman–Crippen LogP) is 2.49. The van der Waals surface area contributed by atoms with Crippen molar-refractivity contribution in [3.05, 3.63) is 35.4 Å². The van der Waals surface area contributed by atoms with Crippen LogP contribution in [0.5, 0.6) is 0 Å². The molecule has 6 heteroatoms. The summed E-state index contributed by atoms with van der Waals surface area (Å²) in [6.45, 7) is 6.36. The van der Waals surface area contributed by atoms with E-state index in [1.807, 2.05) is 31.2 Å². The van der Waals surface area contributed by atoms with Gasteiger partial charge in [0, 0.05) is 13.5 Å². The number of piperidine rings is 1. The molecule has 1 heterocycles. The van der Waals surface area contributed by atoms with Gasteiger partial charge < -0.3 is 16.0 Å². The van der Waals surface area contributed by atoms with Gasteiger partial charge >= 0.3 is 0 Å². The van der Waals surface area contributed by atoms with Gasteiger partial charge in [0.15, 0.2) is 0 Å². The third-order valence-electron chi connectivity index (χ3n) is 4.52. The topological polar surface area (TPSA) is 70.2 Å². The molecule has 1 fully saturated rings. The van der Waals surface area contributed by atoms with Gasteiger partial charge in [-0.3, -0.25) is 9.59 Å². The highest BCUT2D eigenvalue weighted by molar-refractivity contribution is 5.85. The number of carbonyl (C=O) groups is 2. The zero-order valence-corrected chi connectivity index (χ0v) is 16.0. The van der Waals surface area contributed by atoms with Crippen molar-refractivity contribution in [1.29, 1.82) is 0 Å². The fourth-order valence-electron chi connectivity index (χ4n) is 3.14. The Hall–Kier alpha value is -1.59. The van der Waals surface area contributed by atoms with Crippen LogP contribution in [0.25, 0.3) is 0 Å². The van der Waals surface area contributed by atoms with E-state index in [-0.39, 0.29) is 36.7 Å². The summed E-state index contributed by atoms with van der Waals surface area (Å²) in [4.78, 5) is 23.7. The van der Waals surface area contributed by atoms with Crippen LogP contribution in [0.15, 0.2) is 24.3 Å². The van der Waals surface area contributed by atoms with Crippen LogP contribution in [-0.2, 0) is 9.59 Å². The van der Waals surface area contributed by atoms with Crippen LogP contribution in [0.4, 0.5) is 0 Å². The number of hydrogen-bond acceptors (Lipinski definition) is 3. The summed E-state index contributed by atoms with van der Waals surface area (Å²) in [5, 5.41) is 9.27. The fraction of sp³-hybridized carbons (Fsp3) is 0.579. The molecule has 3 N–H and O–H groups in total. The van der Waals surface area contributed by atoms with Gasteiger partial charge in [0.1, 0.15) is 0 Å². The fourth-order valence-corrected chi connectivity index (χ4v) is 3.14. The highest BCUT2D eigenvalue weighted by atomic mass is 35.5. The van der Waals surface area contributed by atoms with Gasteiger partial charge in [0.05, 0.1) is 12.5 Å². The first-order valence-corrected chi connectivity index (χ1v) is 8.85. The number of rotatable bonds is 7. The Morgan fingerprint density at radius 3 is 2.60 bits per heavy atom. The van der Waals surface area contributed by atoms with Crippen LogP contribution >= 0.6 is 12.4 Å². The Balaban J connectivity index is 0.00000312. The van der Waals surface area contributed by atoms with Crippen molar-refractivity contribution in [2.45, 2.75) is 45.6 Å². The molecule has 0 radical (unpaired) electrons. The number of benzene rings is 1. The molecule has 0 aliphatic carbocycles. The average molecular weight is 368 g/mol. The second-order valence-electron chi connectivity index (χ2n) is 6.72. The molecule has 2 atom stereocenters. The van der Waals surface area contributed by atoms with E-state index in [9.17, 15) is 9.59 Å². The van der Waals surface area contributed by atoms with Crippen molar-refractivity contribution in [3.63, 3.8) is 0 Å². The van der Waals surface area contributed by atoms with Crippen molar-refractivity contribution < 1.29 is 9.59 Å². The third-order valence-corrected chi connectivity index (χ3v) is 4.52. The van der Waals surface area contributed by atoms with Crippen LogP contribution in [0.2, 0.25) is 0 Å². The molecule has 1 aromatic rings. The summed E-state index contributed by atoms with van der Waals surface area (Å²) >= 11 is 0. The molecule has 1 aliphatic rings. The van der Waals surface area contributed by atoms with E-state index >= 15 is 0 Å². The second kappa shape index (κ2) is 11.1. The number of halogens is 1. The monoisotopic (exact) mass is 367 g/mol. The van der Waals surface area contributed by atoms with Gasteiger partial charge in [-0.05, 0) is 50.8 Å². The molecular weight excluding hydrogens is 338 g/mol. The largest absolute Gasteiger partial charge is 0.356 e. The molecule has 2 unspecified atom stereocenters.